The normalized spacial score (nSPS) is 18.1. The van der Waals surface area contributed by atoms with Gasteiger partial charge in [-0.25, -0.2) is 13.6 Å². The molecule has 0 bridgehead atoms. The summed E-state index contributed by atoms with van der Waals surface area (Å²) in [6, 6.07) is 15.0. The molecule has 2 aromatic carbocycles. The van der Waals surface area contributed by atoms with Gasteiger partial charge in [-0.3, -0.25) is 10.1 Å². The Kier molecular flexibility index (Phi) is 5.12. The van der Waals surface area contributed by atoms with E-state index in [1.165, 1.54) is 12.1 Å². The van der Waals surface area contributed by atoms with Crippen molar-refractivity contribution in [1.82, 2.24) is 0 Å². The minimum absolute atomic E-state index is 0.239. The van der Waals surface area contributed by atoms with Crippen molar-refractivity contribution in [2.45, 2.75) is 29.7 Å². The predicted molar refractivity (Wildman–Crippen MR) is 99.6 cm³/mol. The van der Waals surface area contributed by atoms with Gasteiger partial charge in [-0.15, -0.1) is 0 Å². The highest BCUT2D eigenvalue weighted by molar-refractivity contribution is 7.89. The van der Waals surface area contributed by atoms with Crippen LogP contribution < -0.4 is 10.0 Å². The van der Waals surface area contributed by atoms with Crippen LogP contribution in [0.25, 0.3) is 0 Å². The van der Waals surface area contributed by atoms with Crippen molar-refractivity contribution in [1.29, 1.82) is 5.26 Å². The van der Waals surface area contributed by atoms with E-state index in [2.05, 4.69) is 6.07 Å². The molecule has 0 saturated carbocycles. The summed E-state index contributed by atoms with van der Waals surface area (Å²) in [5, 5.41) is 26.4. The third-order valence-electron chi connectivity index (χ3n) is 4.76. The second-order valence-corrected chi connectivity index (χ2v) is 7.93. The molecule has 0 aliphatic carbocycles. The summed E-state index contributed by atoms with van der Waals surface area (Å²) in [6.45, 7) is 0.547. The molecule has 3 rings (SSSR count). The summed E-state index contributed by atoms with van der Waals surface area (Å²) in [5.74, 6) is -0.453. The van der Waals surface area contributed by atoms with Crippen molar-refractivity contribution in [2.75, 3.05) is 11.4 Å². The average molecular weight is 386 g/mol. The maximum absolute atomic E-state index is 11.6. The topological polar surface area (TPSA) is 130 Å². The molecule has 0 spiro atoms. The highest BCUT2D eigenvalue weighted by Gasteiger charge is 2.36. The molecule has 1 heterocycles. The number of anilines is 1. The van der Waals surface area contributed by atoms with Crippen LogP contribution in [0.2, 0.25) is 0 Å². The highest BCUT2D eigenvalue weighted by Crippen LogP contribution is 2.39. The van der Waals surface area contributed by atoms with Crippen molar-refractivity contribution in [3.05, 3.63) is 64.2 Å². The molecule has 0 aromatic heterocycles. The number of rotatable bonds is 5. The summed E-state index contributed by atoms with van der Waals surface area (Å²) in [7, 11) is -4.05. The van der Waals surface area contributed by atoms with E-state index < -0.39 is 20.9 Å². The largest absolute Gasteiger partial charge is 0.361 e. The molecule has 2 unspecified atom stereocenters. The number of hydrogen-bond acceptors (Lipinski definition) is 6. The number of benzene rings is 2. The van der Waals surface area contributed by atoms with Gasteiger partial charge < -0.3 is 4.90 Å². The smallest absolute Gasteiger partial charge is 0.293 e. The first-order chi connectivity index (χ1) is 12.8. The molecule has 1 aliphatic rings. The second kappa shape index (κ2) is 7.34. The zero-order valence-electron chi connectivity index (χ0n) is 14.4. The SMILES string of the molecule is N#CC(c1ccccc1)C1CCCN1c1ccc(S(N)(=O)=O)cc1[N+](=O)[O-]. The first-order valence-corrected chi connectivity index (χ1v) is 9.90. The number of nitrogens with two attached hydrogens (primary N) is 1. The Morgan fingerprint density at radius 3 is 2.56 bits per heavy atom. The lowest BCUT2D eigenvalue weighted by molar-refractivity contribution is -0.384. The zero-order valence-corrected chi connectivity index (χ0v) is 15.2. The quantitative estimate of drug-likeness (QED) is 0.620. The van der Waals surface area contributed by atoms with E-state index >= 15 is 0 Å². The van der Waals surface area contributed by atoms with Gasteiger partial charge in [0, 0.05) is 18.7 Å². The van der Waals surface area contributed by atoms with E-state index in [1.54, 1.807) is 0 Å². The van der Waals surface area contributed by atoms with Crippen LogP contribution in [0.15, 0.2) is 53.4 Å². The Hall–Kier alpha value is -2.96. The molecule has 1 fully saturated rings. The number of nitro benzene ring substituents is 1. The molecule has 2 atom stereocenters. The fraction of sp³-hybridized carbons (Fsp3) is 0.278. The van der Waals surface area contributed by atoms with Gasteiger partial charge in [-0.05, 0) is 30.5 Å². The van der Waals surface area contributed by atoms with Gasteiger partial charge in [-0.2, -0.15) is 5.26 Å². The Morgan fingerprint density at radius 1 is 1.26 bits per heavy atom. The minimum Gasteiger partial charge on any atom is -0.361 e. The first-order valence-electron chi connectivity index (χ1n) is 8.35. The van der Waals surface area contributed by atoms with Crippen LogP contribution in [0, 0.1) is 21.4 Å². The fourth-order valence-electron chi connectivity index (χ4n) is 3.55. The number of primary sulfonamides is 1. The Bertz CT molecular complexity index is 1000. The molecule has 2 N–H and O–H groups in total. The second-order valence-electron chi connectivity index (χ2n) is 6.37. The van der Waals surface area contributed by atoms with Gasteiger partial charge in [0.25, 0.3) is 5.69 Å². The standard InChI is InChI=1S/C18H18N4O4S/c19-12-15(13-5-2-1-3-6-13)16-7-4-10-21(16)17-9-8-14(27(20,25)26)11-18(17)22(23)24/h1-3,5-6,8-9,11,15-16H,4,7,10H2,(H2,20,25,26). The predicted octanol–water partition coefficient (Wildman–Crippen LogP) is 2.52. The van der Waals surface area contributed by atoms with Crippen LogP contribution in [0.5, 0.6) is 0 Å². The van der Waals surface area contributed by atoms with E-state index in [4.69, 9.17) is 5.14 Å². The third-order valence-corrected chi connectivity index (χ3v) is 5.67. The first kappa shape index (κ1) is 18.8. The lowest BCUT2D eigenvalue weighted by atomic mass is 9.91. The van der Waals surface area contributed by atoms with Crippen molar-refractivity contribution in [3.8, 4) is 6.07 Å². The van der Waals surface area contributed by atoms with Crippen molar-refractivity contribution in [2.24, 2.45) is 5.14 Å². The minimum atomic E-state index is -4.05. The van der Waals surface area contributed by atoms with E-state index in [9.17, 15) is 23.8 Å². The van der Waals surface area contributed by atoms with Gasteiger partial charge >= 0.3 is 0 Å². The maximum Gasteiger partial charge on any atom is 0.293 e. The fourth-order valence-corrected chi connectivity index (χ4v) is 4.08. The van der Waals surface area contributed by atoms with E-state index in [0.29, 0.717) is 18.7 Å². The molecular formula is C18H18N4O4S. The average Bonchev–Trinajstić information content (AvgIpc) is 3.11. The molecule has 1 saturated heterocycles. The van der Waals surface area contributed by atoms with E-state index in [0.717, 1.165) is 18.1 Å². The molecule has 140 valence electrons. The third kappa shape index (κ3) is 3.77. The van der Waals surface area contributed by atoms with Gasteiger partial charge in [-0.1, -0.05) is 30.3 Å². The number of nitriles is 1. The van der Waals surface area contributed by atoms with Crippen LogP contribution in [0.3, 0.4) is 0 Å². The Labute approximate surface area is 157 Å². The van der Waals surface area contributed by atoms with Crippen LogP contribution >= 0.6 is 0 Å². The molecule has 1 aliphatic heterocycles. The lowest BCUT2D eigenvalue weighted by Gasteiger charge is -2.30. The van der Waals surface area contributed by atoms with Crippen LogP contribution in [0.1, 0.15) is 24.3 Å². The molecule has 2 aromatic rings. The van der Waals surface area contributed by atoms with Crippen molar-refractivity contribution < 1.29 is 13.3 Å². The molecule has 0 amide bonds. The van der Waals surface area contributed by atoms with Crippen molar-refractivity contribution in [3.63, 3.8) is 0 Å². The molecule has 0 radical (unpaired) electrons. The molecule has 27 heavy (non-hydrogen) atoms. The summed E-state index contributed by atoms with van der Waals surface area (Å²) in [5.41, 5.74) is 0.810. The molecule has 9 heteroatoms. The summed E-state index contributed by atoms with van der Waals surface area (Å²) in [4.78, 5) is 12.4. The Balaban J connectivity index is 2.05. The summed E-state index contributed by atoms with van der Waals surface area (Å²) < 4.78 is 23.1. The number of nitro groups is 1. The molecular weight excluding hydrogens is 368 g/mol. The van der Waals surface area contributed by atoms with Gasteiger partial charge in [0.1, 0.15) is 5.69 Å². The van der Waals surface area contributed by atoms with Crippen LogP contribution in [-0.2, 0) is 10.0 Å². The van der Waals surface area contributed by atoms with Crippen LogP contribution in [0.4, 0.5) is 11.4 Å². The number of sulfonamides is 1. The maximum atomic E-state index is 11.6. The summed E-state index contributed by atoms with van der Waals surface area (Å²) in [6.07, 6.45) is 1.49. The van der Waals surface area contributed by atoms with Gasteiger partial charge in [0.2, 0.25) is 10.0 Å². The lowest BCUT2D eigenvalue weighted by Crippen LogP contribution is -2.34. The van der Waals surface area contributed by atoms with E-state index in [1.807, 2.05) is 35.2 Å². The van der Waals surface area contributed by atoms with E-state index in [-0.39, 0.29) is 16.6 Å². The van der Waals surface area contributed by atoms with Crippen LogP contribution in [-0.4, -0.2) is 25.9 Å². The Morgan fingerprint density at radius 2 is 1.96 bits per heavy atom. The zero-order chi connectivity index (χ0) is 19.6. The molecule has 8 nitrogen and oxygen atoms in total. The monoisotopic (exact) mass is 386 g/mol. The number of hydrogen-bond donors (Lipinski definition) is 1. The highest BCUT2D eigenvalue weighted by atomic mass is 32.2. The van der Waals surface area contributed by atoms with Gasteiger partial charge in [0.15, 0.2) is 0 Å². The van der Waals surface area contributed by atoms with Gasteiger partial charge in [0.05, 0.1) is 21.8 Å². The number of nitrogens with zero attached hydrogens (tertiary/aromatic N) is 3. The summed E-state index contributed by atoms with van der Waals surface area (Å²) >= 11 is 0. The van der Waals surface area contributed by atoms with Crippen molar-refractivity contribution >= 4 is 21.4 Å².